The number of nitrogens with zero attached hydrogens (tertiary/aromatic N) is 1. The molecule has 0 N–H and O–H groups in total. The maximum atomic E-state index is 11.6. The van der Waals surface area contributed by atoms with Gasteiger partial charge in [0.15, 0.2) is 0 Å². The van der Waals surface area contributed by atoms with E-state index < -0.39 is 0 Å². The maximum Gasteiger partial charge on any atom is 0.222 e. The van der Waals surface area contributed by atoms with Gasteiger partial charge in [0.1, 0.15) is 0 Å². The molecule has 2 nitrogen and oxygen atoms in total. The third-order valence-electron chi connectivity index (χ3n) is 2.49. The molecule has 88 valence electrons. The van der Waals surface area contributed by atoms with E-state index in [0.29, 0.717) is 18.8 Å². The Morgan fingerprint density at radius 3 is 2.50 bits per heavy atom. The first-order valence-electron chi connectivity index (χ1n) is 5.49. The topological polar surface area (TPSA) is 20.3 Å². The number of benzene rings is 1. The molecule has 1 aromatic carbocycles. The van der Waals surface area contributed by atoms with Crippen LogP contribution in [0.3, 0.4) is 0 Å². The van der Waals surface area contributed by atoms with Crippen LogP contribution in [0.2, 0.25) is 0 Å². The molecule has 0 fully saturated rings. The molecule has 0 saturated carbocycles. The Hall–Kier alpha value is -1.02. The predicted molar refractivity (Wildman–Crippen MR) is 67.6 cm³/mol. The third-order valence-corrected chi connectivity index (χ3v) is 2.76. The highest BCUT2D eigenvalue weighted by Gasteiger charge is 2.08. The zero-order valence-corrected chi connectivity index (χ0v) is 10.6. The molecule has 16 heavy (non-hydrogen) atoms. The Bertz CT molecular complexity index is 334. The smallest absolute Gasteiger partial charge is 0.222 e. The fraction of sp³-hybridized carbons (Fsp3) is 0.462. The molecule has 0 aliphatic carbocycles. The van der Waals surface area contributed by atoms with Gasteiger partial charge in [-0.05, 0) is 18.9 Å². The number of aryl methyl sites for hydroxylation is 1. The lowest BCUT2D eigenvalue weighted by Gasteiger charge is -2.17. The number of alkyl halides is 1. The van der Waals surface area contributed by atoms with Crippen LogP contribution >= 0.6 is 11.6 Å². The number of halogens is 1. The number of carbonyl (C=O) groups excluding carboxylic acids is 1. The second kappa shape index (κ2) is 6.54. The summed E-state index contributed by atoms with van der Waals surface area (Å²) < 4.78 is 0. The van der Waals surface area contributed by atoms with Gasteiger partial charge < -0.3 is 4.90 Å². The van der Waals surface area contributed by atoms with Gasteiger partial charge in [-0.2, -0.15) is 0 Å². The van der Waals surface area contributed by atoms with Gasteiger partial charge in [0.05, 0.1) is 0 Å². The highest BCUT2D eigenvalue weighted by Crippen LogP contribution is 2.07. The second-order valence-electron chi connectivity index (χ2n) is 4.03. The van der Waals surface area contributed by atoms with Crippen LogP contribution in [0, 0.1) is 6.92 Å². The molecule has 0 aliphatic heterocycles. The Kier molecular flexibility index (Phi) is 5.33. The highest BCUT2D eigenvalue weighted by atomic mass is 35.5. The molecule has 3 heteroatoms. The van der Waals surface area contributed by atoms with Gasteiger partial charge in [0.25, 0.3) is 0 Å². The van der Waals surface area contributed by atoms with Crippen molar-refractivity contribution < 1.29 is 4.79 Å². The van der Waals surface area contributed by atoms with E-state index in [0.717, 1.165) is 12.0 Å². The van der Waals surface area contributed by atoms with Gasteiger partial charge in [-0.25, -0.2) is 0 Å². The van der Waals surface area contributed by atoms with Crippen LogP contribution in [0.5, 0.6) is 0 Å². The average molecular weight is 240 g/mol. The van der Waals surface area contributed by atoms with E-state index in [1.807, 2.05) is 7.05 Å². The van der Waals surface area contributed by atoms with Gasteiger partial charge in [-0.3, -0.25) is 4.79 Å². The van der Waals surface area contributed by atoms with Crippen molar-refractivity contribution in [1.29, 1.82) is 0 Å². The first kappa shape index (κ1) is 13.0. The summed E-state index contributed by atoms with van der Waals surface area (Å²) in [5.74, 6) is 0.700. The second-order valence-corrected chi connectivity index (χ2v) is 4.41. The normalized spacial score (nSPS) is 10.2. The lowest BCUT2D eigenvalue weighted by atomic mass is 10.1. The highest BCUT2D eigenvalue weighted by molar-refractivity contribution is 6.17. The van der Waals surface area contributed by atoms with Crippen LogP contribution in [0.25, 0.3) is 0 Å². The number of hydrogen-bond donors (Lipinski definition) is 0. The first-order chi connectivity index (χ1) is 7.63. The molecule has 0 aromatic heterocycles. The monoisotopic (exact) mass is 239 g/mol. The van der Waals surface area contributed by atoms with Crippen LogP contribution in [0.1, 0.15) is 24.0 Å². The van der Waals surface area contributed by atoms with Crippen molar-refractivity contribution in [1.82, 2.24) is 4.90 Å². The van der Waals surface area contributed by atoms with Gasteiger partial charge in [0, 0.05) is 25.9 Å². The summed E-state index contributed by atoms with van der Waals surface area (Å²) in [6, 6.07) is 8.24. The minimum atomic E-state index is 0.154. The largest absolute Gasteiger partial charge is 0.341 e. The van der Waals surface area contributed by atoms with E-state index in [-0.39, 0.29) is 5.91 Å². The summed E-state index contributed by atoms with van der Waals surface area (Å²) in [5, 5.41) is 0. The van der Waals surface area contributed by atoms with Gasteiger partial charge in [-0.15, -0.1) is 11.6 Å². The fourth-order valence-electron chi connectivity index (χ4n) is 1.46. The van der Waals surface area contributed by atoms with E-state index in [2.05, 4.69) is 31.2 Å². The summed E-state index contributed by atoms with van der Waals surface area (Å²) in [6.07, 6.45) is 1.28. The van der Waals surface area contributed by atoms with Crippen LogP contribution < -0.4 is 0 Å². The van der Waals surface area contributed by atoms with Crippen molar-refractivity contribution in [3.8, 4) is 0 Å². The minimum Gasteiger partial charge on any atom is -0.341 e. The molecule has 0 radical (unpaired) electrons. The Balaban J connectivity index is 2.47. The summed E-state index contributed by atoms with van der Waals surface area (Å²) in [5.41, 5.74) is 2.40. The SMILES string of the molecule is Cc1ccc(CN(C)C(=O)CCCCl)cc1. The molecular weight excluding hydrogens is 222 g/mol. The van der Waals surface area contributed by atoms with Crippen LogP contribution in [-0.2, 0) is 11.3 Å². The van der Waals surface area contributed by atoms with Crippen molar-refractivity contribution in [3.63, 3.8) is 0 Å². The quantitative estimate of drug-likeness (QED) is 0.724. The molecule has 0 saturated heterocycles. The Morgan fingerprint density at radius 1 is 1.31 bits per heavy atom. The number of carbonyl (C=O) groups is 1. The van der Waals surface area contributed by atoms with Crippen molar-refractivity contribution in [2.24, 2.45) is 0 Å². The standard InChI is InChI=1S/C13H18ClNO/c1-11-5-7-12(8-6-11)10-15(2)13(16)4-3-9-14/h5-8H,3-4,9-10H2,1-2H3. The zero-order chi connectivity index (χ0) is 12.0. The summed E-state index contributed by atoms with van der Waals surface area (Å²) in [6.45, 7) is 2.72. The average Bonchev–Trinajstić information content (AvgIpc) is 2.29. The maximum absolute atomic E-state index is 11.6. The lowest BCUT2D eigenvalue weighted by molar-refractivity contribution is -0.130. The van der Waals surface area contributed by atoms with Crippen molar-refractivity contribution in [3.05, 3.63) is 35.4 Å². The third kappa shape index (κ3) is 4.23. The van der Waals surface area contributed by atoms with E-state index in [1.54, 1.807) is 4.90 Å². The number of amides is 1. The minimum absolute atomic E-state index is 0.154. The molecular formula is C13H18ClNO. The van der Waals surface area contributed by atoms with Gasteiger partial charge in [0.2, 0.25) is 5.91 Å². The van der Waals surface area contributed by atoms with E-state index in [9.17, 15) is 4.79 Å². The number of rotatable bonds is 5. The zero-order valence-electron chi connectivity index (χ0n) is 9.87. The molecule has 0 atom stereocenters. The van der Waals surface area contributed by atoms with Gasteiger partial charge >= 0.3 is 0 Å². The number of hydrogen-bond acceptors (Lipinski definition) is 1. The molecule has 0 aliphatic rings. The summed E-state index contributed by atoms with van der Waals surface area (Å²) >= 11 is 5.56. The molecule has 1 aromatic rings. The van der Waals surface area contributed by atoms with Crippen LogP contribution in [-0.4, -0.2) is 23.7 Å². The predicted octanol–water partition coefficient (Wildman–Crippen LogP) is 2.97. The van der Waals surface area contributed by atoms with Crippen molar-refractivity contribution in [2.45, 2.75) is 26.3 Å². The van der Waals surface area contributed by atoms with Crippen molar-refractivity contribution >= 4 is 17.5 Å². The summed E-state index contributed by atoms with van der Waals surface area (Å²) in [4.78, 5) is 13.4. The molecule has 0 unspecified atom stereocenters. The van der Waals surface area contributed by atoms with E-state index in [4.69, 9.17) is 11.6 Å². The fourth-order valence-corrected chi connectivity index (χ4v) is 1.60. The Labute approximate surface area is 102 Å². The summed E-state index contributed by atoms with van der Waals surface area (Å²) in [7, 11) is 1.83. The molecule has 1 amide bonds. The van der Waals surface area contributed by atoms with E-state index >= 15 is 0 Å². The van der Waals surface area contributed by atoms with Crippen molar-refractivity contribution in [2.75, 3.05) is 12.9 Å². The first-order valence-corrected chi connectivity index (χ1v) is 6.02. The molecule has 1 rings (SSSR count). The van der Waals surface area contributed by atoms with E-state index in [1.165, 1.54) is 5.56 Å². The van der Waals surface area contributed by atoms with Gasteiger partial charge in [-0.1, -0.05) is 29.8 Å². The molecule has 0 spiro atoms. The molecule has 0 heterocycles. The lowest BCUT2D eigenvalue weighted by Crippen LogP contribution is -2.25. The molecule has 0 bridgehead atoms. The van der Waals surface area contributed by atoms with Crippen LogP contribution in [0.15, 0.2) is 24.3 Å². The Morgan fingerprint density at radius 2 is 1.94 bits per heavy atom. The van der Waals surface area contributed by atoms with Crippen LogP contribution in [0.4, 0.5) is 0 Å².